The van der Waals surface area contributed by atoms with Crippen LogP contribution in [0.2, 0.25) is 0 Å². The molecule has 2 aromatic heterocycles. The molecule has 0 radical (unpaired) electrons. The van der Waals surface area contributed by atoms with Crippen LogP contribution in [-0.2, 0) is 23.6 Å². The number of sulfonamides is 1. The highest BCUT2D eigenvalue weighted by Gasteiger charge is 2.22. The van der Waals surface area contributed by atoms with Gasteiger partial charge >= 0.3 is 0 Å². The van der Waals surface area contributed by atoms with Crippen molar-refractivity contribution < 1.29 is 12.8 Å². The quantitative estimate of drug-likeness (QED) is 0.794. The molecule has 0 atom stereocenters. The maximum absolute atomic E-state index is 12.0. The summed E-state index contributed by atoms with van der Waals surface area (Å²) in [5.41, 5.74) is 5.51. The van der Waals surface area contributed by atoms with Crippen LogP contribution < -0.4 is 10.5 Å². The molecule has 0 aromatic carbocycles. The molecule has 98 valence electrons. The fourth-order valence-corrected chi connectivity index (χ4v) is 2.68. The molecule has 2 aromatic rings. The molecule has 0 bridgehead atoms. The summed E-state index contributed by atoms with van der Waals surface area (Å²) in [5, 5.41) is -0.0780. The summed E-state index contributed by atoms with van der Waals surface area (Å²) in [5.74, 6) is 0.856. The smallest absolute Gasteiger partial charge is 0.260 e. The van der Waals surface area contributed by atoms with Crippen LogP contribution >= 0.6 is 0 Å². The average Bonchev–Trinajstić information content (AvgIpc) is 2.83. The maximum atomic E-state index is 12.0. The molecule has 0 amide bonds. The van der Waals surface area contributed by atoms with E-state index in [-0.39, 0.29) is 23.3 Å². The topological polar surface area (TPSA) is 116 Å². The van der Waals surface area contributed by atoms with Gasteiger partial charge in [0.25, 0.3) is 10.0 Å². The molecule has 0 spiro atoms. The highest BCUT2D eigenvalue weighted by Crippen LogP contribution is 2.15. The lowest BCUT2D eigenvalue weighted by Gasteiger charge is -2.05. The second-order valence-electron chi connectivity index (χ2n) is 3.74. The number of hydrogen-bond acceptors (Lipinski definition) is 6. The van der Waals surface area contributed by atoms with Crippen LogP contribution in [0, 0.1) is 6.92 Å². The number of nitrogens with zero attached hydrogens (tertiary/aromatic N) is 3. The van der Waals surface area contributed by atoms with E-state index < -0.39 is 10.0 Å². The van der Waals surface area contributed by atoms with Crippen LogP contribution in [0.15, 0.2) is 22.0 Å². The van der Waals surface area contributed by atoms with Gasteiger partial charge in [0.05, 0.1) is 19.1 Å². The number of nitrogens with one attached hydrogen (secondary N) is 1. The molecule has 18 heavy (non-hydrogen) atoms. The highest BCUT2D eigenvalue weighted by molar-refractivity contribution is 7.89. The van der Waals surface area contributed by atoms with Gasteiger partial charge in [-0.1, -0.05) is 0 Å². The molecule has 0 aliphatic carbocycles. The molecule has 8 nitrogen and oxygen atoms in total. The number of hydrogen-bond donors (Lipinski definition) is 2. The van der Waals surface area contributed by atoms with Crippen LogP contribution in [0.3, 0.4) is 0 Å². The van der Waals surface area contributed by atoms with E-state index in [1.165, 1.54) is 17.1 Å². The van der Waals surface area contributed by atoms with Crippen molar-refractivity contribution >= 4 is 15.8 Å². The number of nitrogen functional groups attached to an aromatic ring is 1. The van der Waals surface area contributed by atoms with Gasteiger partial charge in [-0.2, -0.15) is 0 Å². The number of oxazole rings is 1. The Morgan fingerprint density at radius 1 is 1.50 bits per heavy atom. The van der Waals surface area contributed by atoms with Crippen molar-refractivity contribution in [3.63, 3.8) is 0 Å². The summed E-state index contributed by atoms with van der Waals surface area (Å²) in [6, 6.07) is 0. The van der Waals surface area contributed by atoms with Crippen molar-refractivity contribution in [2.75, 3.05) is 5.73 Å². The Morgan fingerprint density at radius 3 is 2.72 bits per heavy atom. The molecule has 2 rings (SSSR count). The van der Waals surface area contributed by atoms with Crippen molar-refractivity contribution in [1.82, 2.24) is 19.3 Å². The summed E-state index contributed by atoms with van der Waals surface area (Å²) in [6.07, 6.45) is 2.85. The Balaban J connectivity index is 2.18. The molecule has 0 unspecified atom stereocenters. The van der Waals surface area contributed by atoms with Crippen molar-refractivity contribution in [1.29, 1.82) is 0 Å². The number of imidazole rings is 1. The number of aromatic nitrogens is 3. The van der Waals surface area contributed by atoms with Crippen molar-refractivity contribution in [2.45, 2.75) is 18.5 Å². The fourth-order valence-electron chi connectivity index (χ4n) is 1.47. The molecular formula is C9H13N5O3S. The van der Waals surface area contributed by atoms with Gasteiger partial charge in [-0.3, -0.25) is 0 Å². The zero-order valence-corrected chi connectivity index (χ0v) is 10.7. The first-order valence-corrected chi connectivity index (χ1v) is 6.56. The Hall–Kier alpha value is -1.87. The van der Waals surface area contributed by atoms with Gasteiger partial charge in [0.15, 0.2) is 10.8 Å². The SMILES string of the molecule is Cc1cnc(CNS(=O)(=O)c2c(N)ncn2C)o1. The lowest BCUT2D eigenvalue weighted by Crippen LogP contribution is -2.26. The third-order valence-electron chi connectivity index (χ3n) is 2.25. The minimum atomic E-state index is -3.74. The van der Waals surface area contributed by atoms with E-state index in [0.717, 1.165) is 0 Å². The molecular weight excluding hydrogens is 258 g/mol. The maximum Gasteiger partial charge on any atom is 0.260 e. The average molecular weight is 271 g/mol. The summed E-state index contributed by atoms with van der Waals surface area (Å²) in [6.45, 7) is 1.69. The van der Waals surface area contributed by atoms with Gasteiger partial charge in [0, 0.05) is 7.05 Å². The summed E-state index contributed by atoms with van der Waals surface area (Å²) in [4.78, 5) is 7.62. The zero-order valence-electron chi connectivity index (χ0n) is 9.91. The van der Waals surface area contributed by atoms with Crippen LogP contribution in [0.4, 0.5) is 5.82 Å². The van der Waals surface area contributed by atoms with Gasteiger partial charge in [0.2, 0.25) is 5.89 Å². The van der Waals surface area contributed by atoms with Gasteiger partial charge in [-0.05, 0) is 6.92 Å². The molecule has 0 saturated heterocycles. The molecule has 2 heterocycles. The largest absolute Gasteiger partial charge is 0.445 e. The fraction of sp³-hybridized carbons (Fsp3) is 0.333. The van der Waals surface area contributed by atoms with Crippen LogP contribution in [-0.4, -0.2) is 23.0 Å². The second-order valence-corrected chi connectivity index (χ2v) is 5.42. The van der Waals surface area contributed by atoms with Crippen molar-refractivity contribution in [3.8, 4) is 0 Å². The van der Waals surface area contributed by atoms with Crippen molar-refractivity contribution in [3.05, 3.63) is 24.2 Å². The normalized spacial score (nSPS) is 11.9. The predicted octanol–water partition coefficient (Wildman–Crippen LogP) is -0.223. The van der Waals surface area contributed by atoms with E-state index >= 15 is 0 Å². The van der Waals surface area contributed by atoms with E-state index in [4.69, 9.17) is 10.2 Å². The minimum Gasteiger partial charge on any atom is -0.445 e. The standard InChI is InChI=1S/C9H13N5O3S/c1-6-3-11-7(17-6)4-13-18(15,16)9-8(10)12-5-14(9)2/h3,5,13H,4,10H2,1-2H3. The summed E-state index contributed by atoms with van der Waals surface area (Å²) in [7, 11) is -2.19. The number of rotatable bonds is 4. The van der Waals surface area contributed by atoms with Crippen LogP contribution in [0.1, 0.15) is 11.7 Å². The molecule has 0 aliphatic rings. The summed E-state index contributed by atoms with van der Waals surface area (Å²) >= 11 is 0. The Kier molecular flexibility index (Phi) is 3.09. The first kappa shape index (κ1) is 12.6. The number of nitrogens with two attached hydrogens (primary N) is 1. The third-order valence-corrected chi connectivity index (χ3v) is 3.78. The first-order chi connectivity index (χ1) is 8.40. The van der Waals surface area contributed by atoms with Gasteiger partial charge in [-0.15, -0.1) is 0 Å². The Morgan fingerprint density at radius 2 is 2.22 bits per heavy atom. The predicted molar refractivity (Wildman–Crippen MR) is 62.9 cm³/mol. The van der Waals surface area contributed by atoms with Crippen LogP contribution in [0.5, 0.6) is 0 Å². The molecule has 0 fully saturated rings. The molecule has 3 N–H and O–H groups in total. The Labute approximate surface area is 104 Å². The minimum absolute atomic E-state index is 0.0409. The monoisotopic (exact) mass is 271 g/mol. The van der Waals surface area contributed by atoms with Gasteiger partial charge < -0.3 is 14.7 Å². The number of anilines is 1. The lowest BCUT2D eigenvalue weighted by atomic mass is 10.6. The van der Waals surface area contributed by atoms with Gasteiger partial charge in [-0.25, -0.2) is 23.1 Å². The Bertz CT molecular complexity index is 638. The first-order valence-electron chi connectivity index (χ1n) is 5.08. The van der Waals surface area contributed by atoms with Crippen molar-refractivity contribution in [2.24, 2.45) is 7.05 Å². The highest BCUT2D eigenvalue weighted by atomic mass is 32.2. The number of aryl methyl sites for hydroxylation is 2. The van der Waals surface area contributed by atoms with E-state index in [2.05, 4.69) is 14.7 Å². The molecule has 0 aliphatic heterocycles. The second kappa shape index (κ2) is 4.42. The lowest BCUT2D eigenvalue weighted by molar-refractivity contribution is 0.463. The zero-order chi connectivity index (χ0) is 13.3. The molecule has 9 heteroatoms. The van der Waals surface area contributed by atoms with Crippen LogP contribution in [0.25, 0.3) is 0 Å². The summed E-state index contributed by atoms with van der Waals surface area (Å²) < 4.78 is 32.8. The molecule has 0 saturated carbocycles. The van der Waals surface area contributed by atoms with E-state index in [0.29, 0.717) is 5.76 Å². The third kappa shape index (κ3) is 2.36. The van der Waals surface area contributed by atoms with Gasteiger partial charge in [0.1, 0.15) is 5.76 Å². The van der Waals surface area contributed by atoms with E-state index in [9.17, 15) is 8.42 Å². The van der Waals surface area contributed by atoms with E-state index in [1.54, 1.807) is 14.0 Å². The van der Waals surface area contributed by atoms with E-state index in [1.807, 2.05) is 0 Å².